The summed E-state index contributed by atoms with van der Waals surface area (Å²) in [6.45, 7) is 6.52. The first-order valence-electron chi connectivity index (χ1n) is 10.1. The Kier molecular flexibility index (Phi) is 11.9. The van der Waals surface area contributed by atoms with Gasteiger partial charge >= 0.3 is 5.97 Å². The van der Waals surface area contributed by atoms with E-state index in [2.05, 4.69) is 16.0 Å². The Morgan fingerprint density at radius 2 is 1.25 bits per heavy atom. The Morgan fingerprint density at radius 3 is 1.66 bits per heavy atom. The Bertz CT molecular complexity index is 725. The SMILES string of the molecule is CC(C)C(N)C(=O)NC(CCC(N)=O)C(=O)NC(CC(N)=O)C(=O)NC(C(=O)O)C(C)C. The second kappa shape index (κ2) is 13.2. The van der Waals surface area contributed by atoms with Crippen molar-refractivity contribution in [1.29, 1.82) is 0 Å². The maximum absolute atomic E-state index is 12.8. The molecule has 13 nitrogen and oxygen atoms in total. The highest BCUT2D eigenvalue weighted by Crippen LogP contribution is 2.06. The molecule has 0 saturated carbocycles. The third-order valence-electron chi connectivity index (χ3n) is 4.60. The van der Waals surface area contributed by atoms with E-state index in [0.29, 0.717) is 0 Å². The third-order valence-corrected chi connectivity index (χ3v) is 4.60. The number of carbonyl (C=O) groups is 6. The predicted octanol–water partition coefficient (Wildman–Crippen LogP) is -2.69. The van der Waals surface area contributed by atoms with Crippen molar-refractivity contribution in [3.63, 3.8) is 0 Å². The average molecular weight is 459 g/mol. The Hall–Kier alpha value is -3.22. The van der Waals surface area contributed by atoms with Crippen LogP contribution in [0.2, 0.25) is 0 Å². The molecule has 0 bridgehead atoms. The fourth-order valence-electron chi connectivity index (χ4n) is 2.58. The van der Waals surface area contributed by atoms with Crippen molar-refractivity contribution in [3.05, 3.63) is 0 Å². The summed E-state index contributed by atoms with van der Waals surface area (Å²) in [6.07, 6.45) is -1.06. The van der Waals surface area contributed by atoms with Gasteiger partial charge in [0.25, 0.3) is 0 Å². The van der Waals surface area contributed by atoms with Crippen molar-refractivity contribution in [3.8, 4) is 0 Å². The van der Waals surface area contributed by atoms with Crippen LogP contribution < -0.4 is 33.2 Å². The zero-order chi connectivity index (χ0) is 25.2. The first-order valence-corrected chi connectivity index (χ1v) is 10.1. The summed E-state index contributed by atoms with van der Waals surface area (Å²) in [5.41, 5.74) is 16.0. The molecule has 0 aromatic carbocycles. The van der Waals surface area contributed by atoms with Crippen LogP contribution in [0.5, 0.6) is 0 Å². The topological polar surface area (TPSA) is 237 Å². The number of hydrogen-bond acceptors (Lipinski definition) is 7. The van der Waals surface area contributed by atoms with Crippen molar-refractivity contribution < 1.29 is 33.9 Å². The summed E-state index contributed by atoms with van der Waals surface area (Å²) in [5.74, 6) is -6.18. The van der Waals surface area contributed by atoms with Crippen molar-refractivity contribution in [2.45, 2.75) is 71.1 Å². The van der Waals surface area contributed by atoms with Crippen molar-refractivity contribution in [2.24, 2.45) is 29.0 Å². The molecular formula is C19H34N6O7. The van der Waals surface area contributed by atoms with Crippen LogP contribution in [0, 0.1) is 11.8 Å². The van der Waals surface area contributed by atoms with Crippen LogP contribution in [0.15, 0.2) is 0 Å². The van der Waals surface area contributed by atoms with Gasteiger partial charge in [-0.25, -0.2) is 4.79 Å². The number of aliphatic carboxylic acids is 1. The number of carbonyl (C=O) groups excluding carboxylic acids is 5. The maximum atomic E-state index is 12.8. The van der Waals surface area contributed by atoms with Crippen LogP contribution in [0.4, 0.5) is 0 Å². The van der Waals surface area contributed by atoms with Crippen molar-refractivity contribution >= 4 is 35.5 Å². The molecule has 0 rings (SSSR count). The number of hydrogen-bond donors (Lipinski definition) is 7. The number of nitrogens with one attached hydrogen (secondary N) is 3. The molecular weight excluding hydrogens is 424 g/mol. The Labute approximate surface area is 186 Å². The molecule has 4 atom stereocenters. The number of primary amides is 2. The van der Waals surface area contributed by atoms with Crippen LogP contribution in [0.3, 0.4) is 0 Å². The minimum absolute atomic E-state index is 0.188. The average Bonchev–Trinajstić information content (AvgIpc) is 2.66. The summed E-state index contributed by atoms with van der Waals surface area (Å²) in [4.78, 5) is 71.5. The number of rotatable bonds is 14. The van der Waals surface area contributed by atoms with E-state index in [1.807, 2.05) is 0 Å². The van der Waals surface area contributed by atoms with Gasteiger partial charge in [0.2, 0.25) is 29.5 Å². The van der Waals surface area contributed by atoms with Gasteiger partial charge in [0.15, 0.2) is 0 Å². The number of nitrogens with two attached hydrogens (primary N) is 3. The van der Waals surface area contributed by atoms with E-state index in [0.717, 1.165) is 0 Å². The van der Waals surface area contributed by atoms with E-state index >= 15 is 0 Å². The maximum Gasteiger partial charge on any atom is 0.326 e. The largest absolute Gasteiger partial charge is 0.480 e. The lowest BCUT2D eigenvalue weighted by Gasteiger charge is -2.26. The molecule has 0 aliphatic rings. The molecule has 0 heterocycles. The summed E-state index contributed by atoms with van der Waals surface area (Å²) in [6, 6.07) is -5.01. The lowest BCUT2D eigenvalue weighted by atomic mass is 10.0. The van der Waals surface area contributed by atoms with E-state index in [4.69, 9.17) is 17.2 Å². The molecule has 32 heavy (non-hydrogen) atoms. The molecule has 4 unspecified atom stereocenters. The van der Waals surface area contributed by atoms with Crippen molar-refractivity contribution in [1.82, 2.24) is 16.0 Å². The number of amides is 5. The van der Waals surface area contributed by atoms with Crippen LogP contribution in [-0.2, 0) is 28.8 Å². The fraction of sp³-hybridized carbons (Fsp3) is 0.684. The van der Waals surface area contributed by atoms with Gasteiger partial charge in [0.05, 0.1) is 12.5 Å². The highest BCUT2D eigenvalue weighted by atomic mass is 16.4. The van der Waals surface area contributed by atoms with Gasteiger partial charge in [-0.2, -0.15) is 0 Å². The summed E-state index contributed by atoms with van der Waals surface area (Å²) in [5, 5.41) is 16.2. The Balaban J connectivity index is 5.59. The molecule has 0 saturated heterocycles. The molecule has 0 aliphatic heterocycles. The second-order valence-corrected chi connectivity index (χ2v) is 8.14. The lowest BCUT2D eigenvalue weighted by Crippen LogP contribution is -2.58. The molecule has 0 aromatic heterocycles. The van der Waals surface area contributed by atoms with E-state index in [1.54, 1.807) is 27.7 Å². The molecule has 0 fully saturated rings. The molecule has 13 heteroatoms. The van der Waals surface area contributed by atoms with Gasteiger partial charge < -0.3 is 38.3 Å². The first-order chi connectivity index (χ1) is 14.7. The standard InChI is InChI=1S/C19H34N6O7/c1-8(2)14(22)18(30)23-10(5-6-12(20)26)16(28)24-11(7-13(21)27)17(29)25-15(9(3)4)19(31)32/h8-11,14-15H,5-7,22H2,1-4H3,(H2,20,26)(H2,21,27)(H,23,30)(H,24,28)(H,25,29)(H,31,32). The van der Waals surface area contributed by atoms with Gasteiger partial charge in [0, 0.05) is 6.42 Å². The van der Waals surface area contributed by atoms with E-state index in [9.17, 15) is 33.9 Å². The molecule has 0 aliphatic carbocycles. The third kappa shape index (κ3) is 10.2. The molecule has 0 aromatic rings. The number of carboxylic acids is 1. The summed E-state index contributed by atoms with van der Waals surface area (Å²) < 4.78 is 0. The Morgan fingerprint density at radius 1 is 0.750 bits per heavy atom. The van der Waals surface area contributed by atoms with Crippen LogP contribution >= 0.6 is 0 Å². The van der Waals surface area contributed by atoms with Gasteiger partial charge in [-0.1, -0.05) is 27.7 Å². The summed E-state index contributed by atoms with van der Waals surface area (Å²) >= 11 is 0. The second-order valence-electron chi connectivity index (χ2n) is 8.14. The molecule has 0 spiro atoms. The highest BCUT2D eigenvalue weighted by molar-refractivity contribution is 5.96. The van der Waals surface area contributed by atoms with Crippen LogP contribution in [0.25, 0.3) is 0 Å². The fourth-order valence-corrected chi connectivity index (χ4v) is 2.58. The van der Waals surface area contributed by atoms with Crippen molar-refractivity contribution in [2.75, 3.05) is 0 Å². The molecule has 0 radical (unpaired) electrons. The minimum Gasteiger partial charge on any atom is -0.480 e. The minimum atomic E-state index is -1.51. The van der Waals surface area contributed by atoms with E-state index in [1.165, 1.54) is 0 Å². The smallest absolute Gasteiger partial charge is 0.326 e. The van der Waals surface area contributed by atoms with E-state index < -0.39 is 72.0 Å². The molecule has 182 valence electrons. The molecule has 10 N–H and O–H groups in total. The normalized spacial score (nSPS) is 14.7. The highest BCUT2D eigenvalue weighted by Gasteiger charge is 2.32. The predicted molar refractivity (Wildman–Crippen MR) is 113 cm³/mol. The summed E-state index contributed by atoms with van der Waals surface area (Å²) in [7, 11) is 0. The van der Waals surface area contributed by atoms with Crippen LogP contribution in [-0.4, -0.2) is 64.8 Å². The lowest BCUT2D eigenvalue weighted by molar-refractivity contribution is -0.143. The number of carboxylic acid groups (broad SMARTS) is 1. The van der Waals surface area contributed by atoms with Crippen LogP contribution in [0.1, 0.15) is 47.0 Å². The van der Waals surface area contributed by atoms with Gasteiger partial charge in [-0.05, 0) is 18.3 Å². The van der Waals surface area contributed by atoms with E-state index in [-0.39, 0.29) is 18.8 Å². The van der Waals surface area contributed by atoms with Gasteiger partial charge in [0.1, 0.15) is 18.1 Å². The monoisotopic (exact) mass is 458 g/mol. The quantitative estimate of drug-likeness (QED) is 0.144. The van der Waals surface area contributed by atoms with Gasteiger partial charge in [-0.15, -0.1) is 0 Å². The van der Waals surface area contributed by atoms with Gasteiger partial charge in [-0.3, -0.25) is 24.0 Å². The zero-order valence-corrected chi connectivity index (χ0v) is 18.7. The zero-order valence-electron chi connectivity index (χ0n) is 18.7. The molecule has 5 amide bonds. The first kappa shape index (κ1) is 28.8.